The number of amides is 1. The number of carbonyl (C=O) groups is 1. The number of nitrogens with zero attached hydrogens (tertiary/aromatic N) is 1. The minimum absolute atomic E-state index is 0.0831. The van der Waals surface area contributed by atoms with Gasteiger partial charge in [-0.2, -0.15) is 0 Å². The zero-order valence-electron chi connectivity index (χ0n) is 12.9. The van der Waals surface area contributed by atoms with Gasteiger partial charge in [0.1, 0.15) is 9.84 Å². The van der Waals surface area contributed by atoms with Gasteiger partial charge in [-0.3, -0.25) is 4.79 Å². The van der Waals surface area contributed by atoms with Gasteiger partial charge in [-0.25, -0.2) is 8.42 Å². The van der Waals surface area contributed by atoms with E-state index in [0.717, 1.165) is 19.3 Å². The quantitative estimate of drug-likeness (QED) is 0.800. The Morgan fingerprint density at radius 2 is 1.95 bits per heavy atom. The molecule has 21 heavy (non-hydrogen) atoms. The Bertz CT molecular complexity index is 460. The van der Waals surface area contributed by atoms with Crippen LogP contribution in [-0.2, 0) is 19.4 Å². The van der Waals surface area contributed by atoms with Crippen LogP contribution in [0.4, 0.5) is 0 Å². The standard InChI is InChI=1S/C14H26N2O4S/c1-11(14(17)16-6-8-20-9-7-16)15-12-4-3-5-13(10-12)21(2,18)19/h11-13,15H,3-10H2,1-2H3. The molecule has 0 aromatic rings. The van der Waals surface area contributed by atoms with E-state index in [1.807, 2.05) is 11.8 Å². The first-order chi connectivity index (χ1) is 9.88. The Morgan fingerprint density at radius 1 is 1.29 bits per heavy atom. The molecule has 1 saturated carbocycles. The maximum absolute atomic E-state index is 12.3. The molecule has 122 valence electrons. The fourth-order valence-electron chi connectivity index (χ4n) is 3.17. The Morgan fingerprint density at radius 3 is 2.57 bits per heavy atom. The van der Waals surface area contributed by atoms with Crippen molar-refractivity contribution in [3.05, 3.63) is 0 Å². The smallest absolute Gasteiger partial charge is 0.239 e. The topological polar surface area (TPSA) is 75.7 Å². The predicted molar refractivity (Wildman–Crippen MR) is 80.9 cm³/mol. The normalized spacial score (nSPS) is 29.1. The summed E-state index contributed by atoms with van der Waals surface area (Å²) in [5.41, 5.74) is 0. The highest BCUT2D eigenvalue weighted by Crippen LogP contribution is 2.24. The summed E-state index contributed by atoms with van der Waals surface area (Å²) in [6, 6.07) is -0.162. The van der Waals surface area contributed by atoms with Crippen LogP contribution in [-0.4, -0.2) is 69.1 Å². The fraction of sp³-hybridized carbons (Fsp3) is 0.929. The van der Waals surface area contributed by atoms with Crippen LogP contribution >= 0.6 is 0 Å². The number of ether oxygens (including phenoxy) is 1. The van der Waals surface area contributed by atoms with Gasteiger partial charge in [-0.15, -0.1) is 0 Å². The summed E-state index contributed by atoms with van der Waals surface area (Å²) in [5, 5.41) is 3.05. The first kappa shape index (κ1) is 16.7. The molecule has 0 bridgehead atoms. The molecule has 1 heterocycles. The molecule has 3 atom stereocenters. The molecule has 0 spiro atoms. The number of nitrogens with one attached hydrogen (secondary N) is 1. The minimum Gasteiger partial charge on any atom is -0.378 e. The monoisotopic (exact) mass is 318 g/mol. The molecular weight excluding hydrogens is 292 g/mol. The SMILES string of the molecule is CC(NC1CCCC(S(C)(=O)=O)C1)C(=O)N1CCOCC1. The molecular formula is C14H26N2O4S. The van der Waals surface area contributed by atoms with Crippen molar-refractivity contribution in [2.45, 2.75) is 49.9 Å². The summed E-state index contributed by atoms with van der Waals surface area (Å²) in [7, 11) is -2.99. The van der Waals surface area contributed by atoms with Crippen molar-refractivity contribution in [3.63, 3.8) is 0 Å². The molecule has 2 fully saturated rings. The van der Waals surface area contributed by atoms with Gasteiger partial charge in [-0.05, 0) is 26.2 Å². The van der Waals surface area contributed by atoms with Crippen molar-refractivity contribution < 1.29 is 17.9 Å². The lowest BCUT2D eigenvalue weighted by Gasteiger charge is -2.33. The van der Waals surface area contributed by atoms with Crippen LogP contribution in [0.15, 0.2) is 0 Å². The molecule has 1 aliphatic heterocycles. The van der Waals surface area contributed by atoms with Crippen LogP contribution < -0.4 is 5.32 Å². The first-order valence-corrected chi connectivity index (χ1v) is 9.65. The first-order valence-electron chi connectivity index (χ1n) is 7.69. The van der Waals surface area contributed by atoms with Crippen molar-refractivity contribution in [2.24, 2.45) is 0 Å². The molecule has 7 heteroatoms. The molecule has 1 N–H and O–H groups in total. The third-order valence-electron chi connectivity index (χ3n) is 4.41. The number of rotatable bonds is 4. The maximum atomic E-state index is 12.3. The molecule has 6 nitrogen and oxygen atoms in total. The zero-order chi connectivity index (χ0) is 15.5. The van der Waals surface area contributed by atoms with Crippen LogP contribution in [0.1, 0.15) is 32.6 Å². The number of morpholine rings is 1. The zero-order valence-corrected chi connectivity index (χ0v) is 13.7. The van der Waals surface area contributed by atoms with E-state index in [-0.39, 0.29) is 23.2 Å². The van der Waals surface area contributed by atoms with Gasteiger partial charge in [0, 0.05) is 25.4 Å². The molecule has 1 amide bonds. The highest BCUT2D eigenvalue weighted by molar-refractivity contribution is 7.91. The van der Waals surface area contributed by atoms with E-state index in [2.05, 4.69) is 5.32 Å². The van der Waals surface area contributed by atoms with Crippen LogP contribution in [0, 0.1) is 0 Å². The van der Waals surface area contributed by atoms with Crippen LogP contribution in [0.2, 0.25) is 0 Å². The maximum Gasteiger partial charge on any atom is 0.239 e. The molecule has 0 aromatic carbocycles. The molecule has 0 radical (unpaired) electrons. The van der Waals surface area contributed by atoms with Gasteiger partial charge in [0.2, 0.25) is 5.91 Å². The second-order valence-electron chi connectivity index (χ2n) is 6.14. The van der Waals surface area contributed by atoms with Gasteiger partial charge in [0.15, 0.2) is 0 Å². The summed E-state index contributed by atoms with van der Waals surface area (Å²) in [6.45, 7) is 4.33. The fourth-order valence-corrected chi connectivity index (χ4v) is 4.34. The largest absolute Gasteiger partial charge is 0.378 e. The van der Waals surface area contributed by atoms with E-state index >= 15 is 0 Å². The summed E-state index contributed by atoms with van der Waals surface area (Å²) in [4.78, 5) is 14.2. The predicted octanol–water partition coefficient (Wildman–Crippen LogP) is 0.179. The average molecular weight is 318 g/mol. The summed E-state index contributed by atoms with van der Waals surface area (Å²) in [6.07, 6.45) is 4.49. The third kappa shape index (κ3) is 4.66. The van der Waals surface area contributed by atoms with Gasteiger partial charge in [0.25, 0.3) is 0 Å². The molecule has 2 aliphatic rings. The van der Waals surface area contributed by atoms with E-state index in [1.165, 1.54) is 6.26 Å². The number of hydrogen-bond acceptors (Lipinski definition) is 5. The van der Waals surface area contributed by atoms with E-state index in [9.17, 15) is 13.2 Å². The highest BCUT2D eigenvalue weighted by atomic mass is 32.2. The van der Waals surface area contributed by atoms with E-state index < -0.39 is 9.84 Å². The summed E-state index contributed by atoms with van der Waals surface area (Å²) >= 11 is 0. The average Bonchev–Trinajstić information content (AvgIpc) is 2.47. The van der Waals surface area contributed by atoms with Crippen molar-refractivity contribution >= 4 is 15.7 Å². The molecule has 1 saturated heterocycles. The Hall–Kier alpha value is -0.660. The van der Waals surface area contributed by atoms with E-state index in [0.29, 0.717) is 32.7 Å². The van der Waals surface area contributed by atoms with Gasteiger partial charge in [-0.1, -0.05) is 6.42 Å². The van der Waals surface area contributed by atoms with Gasteiger partial charge < -0.3 is 15.0 Å². The Kier molecular flexibility index (Phi) is 5.62. The molecule has 2 rings (SSSR count). The summed E-state index contributed by atoms with van der Waals surface area (Å²) in [5.74, 6) is 0.0831. The van der Waals surface area contributed by atoms with Crippen LogP contribution in [0.5, 0.6) is 0 Å². The Balaban J connectivity index is 1.86. The lowest BCUT2D eigenvalue weighted by atomic mass is 9.94. The summed E-state index contributed by atoms with van der Waals surface area (Å²) < 4.78 is 28.6. The van der Waals surface area contributed by atoms with E-state index in [4.69, 9.17) is 4.74 Å². The van der Waals surface area contributed by atoms with Crippen molar-refractivity contribution in [1.29, 1.82) is 0 Å². The molecule has 0 aromatic heterocycles. The van der Waals surface area contributed by atoms with Crippen LogP contribution in [0.25, 0.3) is 0 Å². The molecule has 1 aliphatic carbocycles. The van der Waals surface area contributed by atoms with Crippen LogP contribution in [0.3, 0.4) is 0 Å². The minimum atomic E-state index is -2.99. The number of hydrogen-bond donors (Lipinski definition) is 1. The van der Waals surface area contributed by atoms with E-state index in [1.54, 1.807) is 0 Å². The second kappa shape index (κ2) is 7.07. The van der Waals surface area contributed by atoms with Crippen molar-refractivity contribution in [3.8, 4) is 0 Å². The van der Waals surface area contributed by atoms with Crippen molar-refractivity contribution in [1.82, 2.24) is 10.2 Å². The lowest BCUT2D eigenvalue weighted by Crippen LogP contribution is -2.52. The van der Waals surface area contributed by atoms with Gasteiger partial charge in [0.05, 0.1) is 24.5 Å². The highest BCUT2D eigenvalue weighted by Gasteiger charge is 2.31. The number of sulfone groups is 1. The third-order valence-corrected chi connectivity index (χ3v) is 6.05. The van der Waals surface area contributed by atoms with Crippen molar-refractivity contribution in [2.75, 3.05) is 32.6 Å². The lowest BCUT2D eigenvalue weighted by molar-refractivity contribution is -0.137. The molecule has 3 unspecified atom stereocenters. The number of carbonyl (C=O) groups excluding carboxylic acids is 1. The van der Waals surface area contributed by atoms with Gasteiger partial charge >= 0.3 is 0 Å². The second-order valence-corrected chi connectivity index (χ2v) is 8.47. The Labute approximate surface area is 127 Å².